The number of nitrogens with one attached hydrogen (secondary N) is 1. The van der Waals surface area contributed by atoms with Crippen molar-refractivity contribution in [3.8, 4) is 11.1 Å². The van der Waals surface area contributed by atoms with Crippen molar-refractivity contribution >= 4 is 55.0 Å². The third-order valence-electron chi connectivity index (χ3n) is 5.59. The molecule has 190 valence electrons. The van der Waals surface area contributed by atoms with Gasteiger partial charge < -0.3 is 11.1 Å². The lowest BCUT2D eigenvalue weighted by Gasteiger charge is -2.12. The Hall–Kier alpha value is -3.26. The van der Waals surface area contributed by atoms with Gasteiger partial charge in [0.05, 0.1) is 27.2 Å². The van der Waals surface area contributed by atoms with E-state index < -0.39 is 23.7 Å². The van der Waals surface area contributed by atoms with Gasteiger partial charge in [-0.25, -0.2) is 4.98 Å². The summed E-state index contributed by atoms with van der Waals surface area (Å²) < 4.78 is 45.0. The van der Waals surface area contributed by atoms with Crippen LogP contribution in [-0.4, -0.2) is 36.4 Å². The zero-order valence-corrected chi connectivity index (χ0v) is 22.0. The second-order valence-corrected chi connectivity index (χ2v) is 9.87. The number of rotatable bonds is 6. The molecule has 4 heterocycles. The van der Waals surface area contributed by atoms with Crippen LogP contribution in [0.15, 0.2) is 16.7 Å². The van der Waals surface area contributed by atoms with Gasteiger partial charge >= 0.3 is 6.18 Å². The summed E-state index contributed by atoms with van der Waals surface area (Å²) in [5.41, 5.74) is 6.87. The van der Waals surface area contributed by atoms with Crippen molar-refractivity contribution in [3.63, 3.8) is 0 Å². The van der Waals surface area contributed by atoms with Crippen LogP contribution in [0.2, 0.25) is 0 Å². The Labute approximate surface area is 215 Å². The molecule has 36 heavy (non-hydrogen) atoms. The molecule has 0 bridgehead atoms. The van der Waals surface area contributed by atoms with E-state index in [1.54, 1.807) is 31.6 Å². The van der Waals surface area contributed by atoms with E-state index in [0.717, 1.165) is 10.5 Å². The van der Waals surface area contributed by atoms with Gasteiger partial charge in [0.2, 0.25) is 5.91 Å². The summed E-state index contributed by atoms with van der Waals surface area (Å²) in [7, 11) is 0. The molecule has 0 aliphatic heterocycles. The maximum Gasteiger partial charge on any atom is 0.433 e. The van der Waals surface area contributed by atoms with Crippen molar-refractivity contribution in [2.75, 3.05) is 5.32 Å². The molecule has 0 aromatic carbocycles. The first-order valence-electron chi connectivity index (χ1n) is 10.7. The molecule has 0 saturated carbocycles. The number of carbonyl (C=O) groups excluding carboxylic acids is 2. The quantitative estimate of drug-likeness (QED) is 0.337. The van der Waals surface area contributed by atoms with E-state index in [4.69, 9.17) is 5.73 Å². The van der Waals surface area contributed by atoms with Crippen LogP contribution in [0.25, 0.3) is 21.3 Å². The molecule has 0 aliphatic rings. The predicted molar refractivity (Wildman–Crippen MR) is 133 cm³/mol. The Morgan fingerprint density at radius 2 is 1.86 bits per heavy atom. The number of alkyl halides is 3. The molecular formula is C22H21BrF3N7O2S. The number of hydrogen-bond acceptors (Lipinski definition) is 6. The van der Waals surface area contributed by atoms with Crippen molar-refractivity contribution in [2.24, 2.45) is 5.73 Å². The molecule has 0 fully saturated rings. The summed E-state index contributed by atoms with van der Waals surface area (Å²) in [6.07, 6.45) is -3.12. The lowest BCUT2D eigenvalue weighted by Crippen LogP contribution is -2.22. The second kappa shape index (κ2) is 9.32. The number of nitrogens with zero attached hydrogens (tertiary/aromatic N) is 5. The maximum atomic E-state index is 13.7. The fourth-order valence-electron chi connectivity index (χ4n) is 3.84. The third kappa shape index (κ3) is 4.62. The van der Waals surface area contributed by atoms with E-state index in [2.05, 4.69) is 36.4 Å². The van der Waals surface area contributed by atoms with E-state index in [1.165, 1.54) is 4.68 Å². The van der Waals surface area contributed by atoms with E-state index in [0.29, 0.717) is 40.5 Å². The molecule has 2 amide bonds. The molecule has 14 heteroatoms. The molecular weight excluding hydrogens is 563 g/mol. The number of halogens is 4. The molecule has 0 aliphatic carbocycles. The first-order valence-corrected chi connectivity index (χ1v) is 12.3. The van der Waals surface area contributed by atoms with Crippen LogP contribution in [0.3, 0.4) is 0 Å². The van der Waals surface area contributed by atoms with Crippen molar-refractivity contribution in [1.29, 1.82) is 0 Å². The van der Waals surface area contributed by atoms with Crippen LogP contribution in [0.1, 0.15) is 39.4 Å². The van der Waals surface area contributed by atoms with Gasteiger partial charge in [0, 0.05) is 23.7 Å². The minimum absolute atomic E-state index is 0.00738. The number of aromatic nitrogens is 5. The summed E-state index contributed by atoms with van der Waals surface area (Å²) in [6, 6.07) is 0.900. The zero-order valence-electron chi connectivity index (χ0n) is 19.6. The number of thiophene rings is 1. The number of amides is 2. The van der Waals surface area contributed by atoms with Crippen LogP contribution in [0.5, 0.6) is 0 Å². The first kappa shape index (κ1) is 25.8. The van der Waals surface area contributed by atoms with E-state index in [9.17, 15) is 22.8 Å². The van der Waals surface area contributed by atoms with Gasteiger partial charge in [0.15, 0.2) is 0 Å². The normalized spacial score (nSPS) is 11.9. The van der Waals surface area contributed by atoms with E-state index in [-0.39, 0.29) is 32.9 Å². The Bertz CT molecular complexity index is 1520. The summed E-state index contributed by atoms with van der Waals surface area (Å²) >= 11 is 4.09. The highest BCUT2D eigenvalue weighted by atomic mass is 79.9. The fourth-order valence-corrected chi connectivity index (χ4v) is 5.13. The van der Waals surface area contributed by atoms with Crippen molar-refractivity contribution in [1.82, 2.24) is 24.5 Å². The molecule has 0 atom stereocenters. The van der Waals surface area contributed by atoms with Gasteiger partial charge in [0.25, 0.3) is 5.91 Å². The molecule has 4 rings (SSSR count). The average molecular weight is 584 g/mol. The van der Waals surface area contributed by atoms with Crippen molar-refractivity contribution in [2.45, 2.75) is 47.0 Å². The monoisotopic (exact) mass is 583 g/mol. The Kier molecular flexibility index (Phi) is 6.68. The molecule has 9 nitrogen and oxygen atoms in total. The molecule has 3 N–H and O–H groups in total. The van der Waals surface area contributed by atoms with Gasteiger partial charge in [-0.1, -0.05) is 0 Å². The van der Waals surface area contributed by atoms with Crippen LogP contribution in [-0.2, 0) is 24.1 Å². The summed E-state index contributed by atoms with van der Waals surface area (Å²) in [6.45, 7) is 7.38. The minimum Gasteiger partial charge on any atom is -0.365 e. The molecule has 0 saturated heterocycles. The standard InChI is InChI=1S/C22H21BrF3N7O2S/c1-5-32-7-13(9(2)30-32)12-6-14(22(24,25)26)28-21-16(12)18(19(36-21)20(27)35)29-15(34)8-33-11(4)17(23)10(3)31-33/h6-7H,5,8H2,1-4H3,(H2,27,35)(H,29,34). The highest BCUT2D eigenvalue weighted by molar-refractivity contribution is 9.10. The number of anilines is 1. The first-order chi connectivity index (χ1) is 16.8. The fraction of sp³-hybridized carbons (Fsp3) is 0.318. The number of pyridine rings is 1. The number of carbonyl (C=O) groups is 2. The number of aryl methyl sites for hydroxylation is 3. The lowest BCUT2D eigenvalue weighted by molar-refractivity contribution is -0.140. The number of fused-ring (bicyclic) bond motifs is 1. The van der Waals surface area contributed by atoms with Gasteiger partial charge in [-0.3, -0.25) is 19.0 Å². The lowest BCUT2D eigenvalue weighted by atomic mass is 10.0. The molecule has 4 aromatic rings. The number of hydrogen-bond donors (Lipinski definition) is 2. The van der Waals surface area contributed by atoms with Crippen molar-refractivity contribution < 1.29 is 22.8 Å². The smallest absolute Gasteiger partial charge is 0.365 e. The second-order valence-electron chi connectivity index (χ2n) is 8.08. The summed E-state index contributed by atoms with van der Waals surface area (Å²) in [5.74, 6) is -1.44. The predicted octanol–water partition coefficient (Wildman–Crippen LogP) is 4.82. The van der Waals surface area contributed by atoms with E-state index in [1.807, 2.05) is 6.92 Å². The topological polar surface area (TPSA) is 121 Å². The largest absolute Gasteiger partial charge is 0.433 e. The Morgan fingerprint density at radius 3 is 2.39 bits per heavy atom. The van der Waals surface area contributed by atoms with Crippen LogP contribution < -0.4 is 11.1 Å². The van der Waals surface area contributed by atoms with Crippen LogP contribution >= 0.6 is 27.3 Å². The highest BCUT2D eigenvalue weighted by Crippen LogP contribution is 2.44. The van der Waals surface area contributed by atoms with Gasteiger partial charge in [-0.2, -0.15) is 23.4 Å². The maximum absolute atomic E-state index is 13.7. The third-order valence-corrected chi connectivity index (χ3v) is 7.83. The molecule has 0 spiro atoms. The van der Waals surface area contributed by atoms with Crippen LogP contribution in [0, 0.1) is 20.8 Å². The number of primary amides is 1. The SMILES string of the molecule is CCn1cc(-c2cc(C(F)(F)F)nc3sc(C(N)=O)c(NC(=O)Cn4nc(C)c(Br)c4C)c23)c(C)n1. The van der Waals surface area contributed by atoms with E-state index >= 15 is 0 Å². The zero-order chi connectivity index (χ0) is 26.5. The summed E-state index contributed by atoms with van der Waals surface area (Å²) in [5, 5.41) is 11.5. The minimum atomic E-state index is -4.74. The average Bonchev–Trinajstić information content (AvgIpc) is 3.43. The Balaban J connectivity index is 1.91. The molecule has 0 unspecified atom stereocenters. The van der Waals surface area contributed by atoms with Crippen molar-refractivity contribution in [3.05, 3.63) is 44.4 Å². The van der Waals surface area contributed by atoms with Gasteiger partial charge in [-0.15, -0.1) is 11.3 Å². The van der Waals surface area contributed by atoms with Gasteiger partial charge in [-0.05, 0) is 55.3 Å². The van der Waals surface area contributed by atoms with Crippen LogP contribution in [0.4, 0.5) is 18.9 Å². The Morgan fingerprint density at radius 1 is 1.17 bits per heavy atom. The highest BCUT2D eigenvalue weighted by Gasteiger charge is 2.35. The number of nitrogens with two attached hydrogens (primary N) is 1. The van der Waals surface area contributed by atoms with Gasteiger partial charge in [0.1, 0.15) is 21.9 Å². The molecule has 0 radical (unpaired) electrons. The molecule has 4 aromatic heterocycles. The summed E-state index contributed by atoms with van der Waals surface area (Å²) in [4.78, 5) is 28.8.